The molecule has 0 aliphatic carbocycles. The maximum Gasteiger partial charge on any atom is 0.310 e. The van der Waals surface area contributed by atoms with Crippen molar-refractivity contribution in [3.8, 4) is 0 Å². The first-order valence-corrected chi connectivity index (χ1v) is 7.60. The Morgan fingerprint density at radius 1 is 1.22 bits per heavy atom. The van der Waals surface area contributed by atoms with Crippen molar-refractivity contribution in [1.29, 1.82) is 0 Å². The molecule has 0 aromatic heterocycles. The van der Waals surface area contributed by atoms with Gasteiger partial charge in [0.1, 0.15) is 0 Å². The van der Waals surface area contributed by atoms with Gasteiger partial charge in [0, 0.05) is 6.54 Å². The smallest absolute Gasteiger partial charge is 0.310 e. The van der Waals surface area contributed by atoms with Crippen molar-refractivity contribution in [2.45, 2.75) is 65.2 Å². The van der Waals surface area contributed by atoms with E-state index in [1.807, 2.05) is 0 Å². The number of likely N-dealkylation sites (tertiary alicyclic amines) is 1. The summed E-state index contributed by atoms with van der Waals surface area (Å²) in [7, 11) is 0. The average molecular weight is 255 g/mol. The van der Waals surface area contributed by atoms with Crippen molar-refractivity contribution in [1.82, 2.24) is 4.90 Å². The molecule has 0 amide bonds. The first-order valence-electron chi connectivity index (χ1n) is 7.60. The van der Waals surface area contributed by atoms with E-state index in [9.17, 15) is 9.90 Å². The van der Waals surface area contributed by atoms with Crippen LogP contribution in [-0.4, -0.2) is 35.6 Å². The zero-order valence-electron chi connectivity index (χ0n) is 12.1. The summed E-state index contributed by atoms with van der Waals surface area (Å²) in [5, 5.41) is 9.52. The maximum absolute atomic E-state index is 11.6. The lowest BCUT2D eigenvalue weighted by Gasteiger charge is -2.40. The van der Waals surface area contributed by atoms with Gasteiger partial charge in [-0.25, -0.2) is 0 Å². The molecule has 0 radical (unpaired) electrons. The van der Waals surface area contributed by atoms with Gasteiger partial charge in [-0.15, -0.1) is 0 Å². The van der Waals surface area contributed by atoms with Crippen LogP contribution in [0.5, 0.6) is 0 Å². The number of hydrogen-bond donors (Lipinski definition) is 1. The van der Waals surface area contributed by atoms with Crippen LogP contribution in [0.1, 0.15) is 65.2 Å². The summed E-state index contributed by atoms with van der Waals surface area (Å²) >= 11 is 0. The zero-order valence-corrected chi connectivity index (χ0v) is 12.1. The molecule has 0 spiro atoms. The number of carbonyl (C=O) groups is 1. The third kappa shape index (κ3) is 4.27. The minimum Gasteiger partial charge on any atom is -0.481 e. The first kappa shape index (κ1) is 15.5. The molecule has 106 valence electrons. The third-order valence-electron chi connectivity index (χ3n) is 4.17. The Kier molecular flexibility index (Phi) is 6.69. The number of rotatable bonds is 8. The van der Waals surface area contributed by atoms with Crippen LogP contribution in [0.2, 0.25) is 0 Å². The van der Waals surface area contributed by atoms with Crippen LogP contribution in [0.3, 0.4) is 0 Å². The highest BCUT2D eigenvalue weighted by atomic mass is 16.4. The van der Waals surface area contributed by atoms with Gasteiger partial charge in [-0.1, -0.05) is 39.5 Å². The molecular weight excluding hydrogens is 226 g/mol. The summed E-state index contributed by atoms with van der Waals surface area (Å²) in [5.74, 6) is -0.581. The van der Waals surface area contributed by atoms with Gasteiger partial charge in [0.05, 0.1) is 5.41 Å². The molecule has 0 saturated carbocycles. The van der Waals surface area contributed by atoms with Gasteiger partial charge in [0.25, 0.3) is 0 Å². The van der Waals surface area contributed by atoms with Gasteiger partial charge in [0.15, 0.2) is 0 Å². The Hall–Kier alpha value is -0.570. The Labute approximate surface area is 112 Å². The van der Waals surface area contributed by atoms with E-state index < -0.39 is 11.4 Å². The van der Waals surface area contributed by atoms with E-state index in [0.717, 1.165) is 45.3 Å². The highest BCUT2D eigenvalue weighted by Gasteiger charge is 2.41. The van der Waals surface area contributed by atoms with Crippen molar-refractivity contribution in [3.63, 3.8) is 0 Å². The summed E-state index contributed by atoms with van der Waals surface area (Å²) in [5.41, 5.74) is -0.461. The molecule has 3 nitrogen and oxygen atoms in total. The van der Waals surface area contributed by atoms with Crippen molar-refractivity contribution in [2.24, 2.45) is 5.41 Å². The highest BCUT2D eigenvalue weighted by Crippen LogP contribution is 2.35. The van der Waals surface area contributed by atoms with E-state index in [2.05, 4.69) is 18.7 Å². The number of hydrogen-bond acceptors (Lipinski definition) is 2. The van der Waals surface area contributed by atoms with E-state index in [-0.39, 0.29) is 0 Å². The summed E-state index contributed by atoms with van der Waals surface area (Å²) in [6.07, 6.45) is 8.75. The molecule has 1 aliphatic heterocycles. The van der Waals surface area contributed by atoms with Gasteiger partial charge < -0.3 is 10.0 Å². The molecule has 1 atom stereocenters. The number of unbranched alkanes of at least 4 members (excludes halogenated alkanes) is 3. The molecule has 1 rings (SSSR count). The molecule has 0 aromatic carbocycles. The molecule has 3 heteroatoms. The fourth-order valence-electron chi connectivity index (χ4n) is 3.14. The summed E-state index contributed by atoms with van der Waals surface area (Å²) in [6.45, 7) is 7.24. The van der Waals surface area contributed by atoms with Crippen molar-refractivity contribution in [2.75, 3.05) is 19.6 Å². The van der Waals surface area contributed by atoms with Crippen molar-refractivity contribution >= 4 is 5.97 Å². The molecule has 1 N–H and O–H groups in total. The average Bonchev–Trinajstić information content (AvgIpc) is 2.35. The lowest BCUT2D eigenvalue weighted by molar-refractivity contribution is -0.153. The third-order valence-corrected chi connectivity index (χ3v) is 4.17. The van der Waals surface area contributed by atoms with Gasteiger partial charge in [-0.05, 0) is 38.8 Å². The van der Waals surface area contributed by atoms with Crippen LogP contribution < -0.4 is 0 Å². The predicted molar refractivity (Wildman–Crippen MR) is 74.8 cm³/mol. The van der Waals surface area contributed by atoms with E-state index in [4.69, 9.17) is 0 Å². The number of aliphatic carboxylic acids is 1. The molecule has 1 aliphatic rings. The summed E-state index contributed by atoms with van der Waals surface area (Å²) < 4.78 is 0. The van der Waals surface area contributed by atoms with Crippen LogP contribution in [-0.2, 0) is 4.79 Å². The zero-order chi connectivity index (χ0) is 13.4. The van der Waals surface area contributed by atoms with E-state index >= 15 is 0 Å². The topological polar surface area (TPSA) is 40.5 Å². The maximum atomic E-state index is 11.6. The van der Waals surface area contributed by atoms with Gasteiger partial charge in [-0.3, -0.25) is 4.79 Å². The quantitative estimate of drug-likeness (QED) is 0.674. The number of carboxylic acids is 1. The Morgan fingerprint density at radius 3 is 2.61 bits per heavy atom. The number of piperidine rings is 1. The SMILES string of the molecule is CCCCCCN1CCCC(CCC)(C(=O)O)C1. The van der Waals surface area contributed by atoms with Crippen LogP contribution >= 0.6 is 0 Å². The fourth-order valence-corrected chi connectivity index (χ4v) is 3.14. The molecule has 1 heterocycles. The number of nitrogens with zero attached hydrogens (tertiary/aromatic N) is 1. The minimum atomic E-state index is -0.581. The Bertz CT molecular complexity index is 251. The van der Waals surface area contributed by atoms with Crippen LogP contribution in [0.15, 0.2) is 0 Å². The lowest BCUT2D eigenvalue weighted by atomic mass is 9.76. The molecule has 0 aromatic rings. The van der Waals surface area contributed by atoms with Crippen LogP contribution in [0.25, 0.3) is 0 Å². The monoisotopic (exact) mass is 255 g/mol. The predicted octanol–water partition coefficient (Wildman–Crippen LogP) is 3.53. The fraction of sp³-hybridized carbons (Fsp3) is 0.933. The summed E-state index contributed by atoms with van der Waals surface area (Å²) in [6, 6.07) is 0. The Morgan fingerprint density at radius 2 is 2.00 bits per heavy atom. The second-order valence-corrected chi connectivity index (χ2v) is 5.78. The standard InChI is InChI=1S/C15H29NO2/c1-3-5-6-7-11-16-12-8-10-15(13-16,9-4-2)14(17)18/h3-13H2,1-2H3,(H,17,18). The second-order valence-electron chi connectivity index (χ2n) is 5.78. The minimum absolute atomic E-state index is 0.461. The van der Waals surface area contributed by atoms with Gasteiger partial charge in [-0.2, -0.15) is 0 Å². The Balaban J connectivity index is 2.45. The van der Waals surface area contributed by atoms with E-state index in [1.165, 1.54) is 25.7 Å². The van der Waals surface area contributed by atoms with Crippen molar-refractivity contribution < 1.29 is 9.90 Å². The number of carboxylic acid groups (broad SMARTS) is 1. The highest BCUT2D eigenvalue weighted by molar-refractivity contribution is 5.75. The summed E-state index contributed by atoms with van der Waals surface area (Å²) in [4.78, 5) is 13.9. The molecular formula is C15H29NO2. The molecule has 0 bridgehead atoms. The molecule has 1 fully saturated rings. The van der Waals surface area contributed by atoms with E-state index in [0.29, 0.717) is 0 Å². The van der Waals surface area contributed by atoms with Crippen LogP contribution in [0, 0.1) is 5.41 Å². The largest absolute Gasteiger partial charge is 0.481 e. The molecule has 1 saturated heterocycles. The van der Waals surface area contributed by atoms with Gasteiger partial charge >= 0.3 is 5.97 Å². The van der Waals surface area contributed by atoms with Gasteiger partial charge in [0.2, 0.25) is 0 Å². The molecule has 1 unspecified atom stereocenters. The van der Waals surface area contributed by atoms with E-state index in [1.54, 1.807) is 0 Å². The second kappa shape index (κ2) is 7.78. The molecule has 18 heavy (non-hydrogen) atoms. The van der Waals surface area contributed by atoms with Crippen LogP contribution in [0.4, 0.5) is 0 Å². The van der Waals surface area contributed by atoms with Crippen molar-refractivity contribution in [3.05, 3.63) is 0 Å². The normalized spacial score (nSPS) is 25.2. The first-order chi connectivity index (χ1) is 8.64. The lowest BCUT2D eigenvalue weighted by Crippen LogP contribution is -2.48.